The van der Waals surface area contributed by atoms with Crippen LogP contribution >= 0.6 is 0 Å². The number of carbonyl (C=O) groups excluding carboxylic acids is 1. The van der Waals surface area contributed by atoms with Crippen LogP contribution in [0, 0.1) is 12.8 Å². The van der Waals surface area contributed by atoms with Crippen molar-refractivity contribution in [3.8, 4) is 0 Å². The van der Waals surface area contributed by atoms with Gasteiger partial charge in [-0.1, -0.05) is 18.2 Å². The maximum Gasteiger partial charge on any atom is 0.254 e. The lowest BCUT2D eigenvalue weighted by atomic mass is 10.1. The van der Waals surface area contributed by atoms with Crippen molar-refractivity contribution in [1.29, 1.82) is 0 Å². The first-order valence-electron chi connectivity index (χ1n) is 9.18. The molecule has 1 aromatic carbocycles. The Bertz CT molecular complexity index is 724. The summed E-state index contributed by atoms with van der Waals surface area (Å²) in [6, 6.07) is 9.46. The van der Waals surface area contributed by atoms with Gasteiger partial charge in [0, 0.05) is 31.7 Å². The predicted molar refractivity (Wildman–Crippen MR) is 95.1 cm³/mol. The van der Waals surface area contributed by atoms with Gasteiger partial charge < -0.3 is 9.80 Å². The van der Waals surface area contributed by atoms with Crippen molar-refractivity contribution in [1.82, 2.24) is 25.0 Å². The Balaban J connectivity index is 1.58. The van der Waals surface area contributed by atoms with E-state index in [1.165, 1.54) is 12.8 Å². The molecule has 132 valence electrons. The number of H-pyrrole nitrogens is 1. The van der Waals surface area contributed by atoms with Gasteiger partial charge in [0.25, 0.3) is 5.91 Å². The van der Waals surface area contributed by atoms with Gasteiger partial charge in [-0.2, -0.15) is 5.10 Å². The molecule has 1 saturated heterocycles. The number of aromatic nitrogens is 3. The zero-order valence-electron chi connectivity index (χ0n) is 14.7. The number of hydrogen-bond donors (Lipinski definition) is 1. The fourth-order valence-corrected chi connectivity index (χ4v) is 3.59. The van der Waals surface area contributed by atoms with Crippen LogP contribution < -0.4 is 0 Å². The fraction of sp³-hybridized carbons (Fsp3) is 0.526. The third kappa shape index (κ3) is 3.74. The molecule has 0 spiro atoms. The van der Waals surface area contributed by atoms with E-state index < -0.39 is 0 Å². The molecular formula is C19H25N5O. The quantitative estimate of drug-likeness (QED) is 0.929. The van der Waals surface area contributed by atoms with Crippen LogP contribution in [0.3, 0.4) is 0 Å². The van der Waals surface area contributed by atoms with E-state index in [0.717, 1.165) is 55.7 Å². The Labute approximate surface area is 148 Å². The summed E-state index contributed by atoms with van der Waals surface area (Å²) in [4.78, 5) is 22.1. The van der Waals surface area contributed by atoms with E-state index in [9.17, 15) is 4.79 Å². The summed E-state index contributed by atoms with van der Waals surface area (Å²) in [7, 11) is 0. The number of hydrogen-bond acceptors (Lipinski definition) is 4. The first-order chi connectivity index (χ1) is 12.2. The first kappa shape index (κ1) is 16.3. The van der Waals surface area contributed by atoms with Crippen molar-refractivity contribution in [2.45, 2.75) is 32.2 Å². The Morgan fingerprint density at radius 1 is 1.16 bits per heavy atom. The number of aromatic amines is 1. The van der Waals surface area contributed by atoms with Gasteiger partial charge in [-0.05, 0) is 44.2 Å². The van der Waals surface area contributed by atoms with Gasteiger partial charge in [0.05, 0.1) is 6.04 Å². The van der Waals surface area contributed by atoms with Crippen LogP contribution in [0.4, 0.5) is 0 Å². The van der Waals surface area contributed by atoms with Gasteiger partial charge in [0.2, 0.25) is 0 Å². The van der Waals surface area contributed by atoms with Crippen molar-refractivity contribution in [2.24, 2.45) is 5.92 Å². The van der Waals surface area contributed by atoms with Crippen molar-refractivity contribution < 1.29 is 4.79 Å². The number of benzene rings is 1. The van der Waals surface area contributed by atoms with E-state index in [2.05, 4.69) is 20.1 Å². The van der Waals surface area contributed by atoms with Gasteiger partial charge in [-0.3, -0.25) is 9.89 Å². The summed E-state index contributed by atoms with van der Waals surface area (Å²) in [5.41, 5.74) is 0.732. The number of nitrogens with one attached hydrogen (secondary N) is 1. The third-order valence-electron chi connectivity index (χ3n) is 5.16. The first-order valence-corrected chi connectivity index (χ1v) is 9.18. The van der Waals surface area contributed by atoms with Crippen LogP contribution in [0.1, 0.15) is 47.3 Å². The molecule has 2 aromatic rings. The highest BCUT2D eigenvalue weighted by Gasteiger charge is 2.33. The third-order valence-corrected chi connectivity index (χ3v) is 5.16. The smallest absolute Gasteiger partial charge is 0.254 e. The molecule has 25 heavy (non-hydrogen) atoms. The maximum atomic E-state index is 13.1. The second kappa shape index (κ2) is 6.96. The number of amides is 1. The maximum absolute atomic E-state index is 13.1. The lowest BCUT2D eigenvalue weighted by Crippen LogP contribution is -2.37. The number of nitrogens with zero attached hydrogens (tertiary/aromatic N) is 4. The van der Waals surface area contributed by atoms with E-state index in [0.29, 0.717) is 0 Å². The highest BCUT2D eigenvalue weighted by Crippen LogP contribution is 2.32. The molecule has 1 atom stereocenters. The monoisotopic (exact) mass is 339 g/mol. The topological polar surface area (TPSA) is 65.1 Å². The molecule has 6 heteroatoms. The minimum Gasteiger partial charge on any atom is -0.327 e. The molecule has 1 amide bonds. The van der Waals surface area contributed by atoms with Gasteiger partial charge >= 0.3 is 0 Å². The zero-order valence-corrected chi connectivity index (χ0v) is 14.7. The minimum atomic E-state index is -0.0677. The molecule has 6 nitrogen and oxygen atoms in total. The average molecular weight is 339 g/mol. The summed E-state index contributed by atoms with van der Waals surface area (Å²) in [6.45, 7) is 5.70. The van der Waals surface area contributed by atoms with Crippen LogP contribution in [0.5, 0.6) is 0 Å². The van der Waals surface area contributed by atoms with Crippen molar-refractivity contribution in [3.05, 3.63) is 47.5 Å². The lowest BCUT2D eigenvalue weighted by molar-refractivity contribution is 0.0677. The second-order valence-electron chi connectivity index (χ2n) is 7.19. The summed E-state index contributed by atoms with van der Waals surface area (Å²) in [5.74, 6) is 2.46. The van der Waals surface area contributed by atoms with E-state index in [1.807, 2.05) is 42.2 Å². The molecule has 1 aliphatic heterocycles. The Hall–Kier alpha value is -2.21. The van der Waals surface area contributed by atoms with Gasteiger partial charge in [0.15, 0.2) is 5.82 Å². The highest BCUT2D eigenvalue weighted by atomic mass is 16.2. The van der Waals surface area contributed by atoms with Crippen LogP contribution in [0.15, 0.2) is 30.3 Å². The van der Waals surface area contributed by atoms with Gasteiger partial charge in [0.1, 0.15) is 5.82 Å². The van der Waals surface area contributed by atoms with Gasteiger partial charge in [-0.25, -0.2) is 4.98 Å². The van der Waals surface area contributed by atoms with Crippen LogP contribution in [-0.2, 0) is 0 Å². The van der Waals surface area contributed by atoms with Crippen molar-refractivity contribution in [2.75, 3.05) is 26.2 Å². The normalized spacial score (nSPS) is 22.0. The summed E-state index contributed by atoms with van der Waals surface area (Å²) in [6.07, 6.45) is 3.59. The standard InChI is InChI=1S/C19H25N5O/c1-14-20-18(22-21-14)17-9-10-23(13-15-7-8-15)11-12-24(17)19(25)16-5-3-2-4-6-16/h2-6,15,17H,7-13H2,1H3,(H,20,21,22). The van der Waals surface area contributed by atoms with Gasteiger partial charge in [-0.15, -0.1) is 0 Å². The Morgan fingerprint density at radius 2 is 1.96 bits per heavy atom. The molecule has 1 unspecified atom stereocenters. The van der Waals surface area contributed by atoms with E-state index in [-0.39, 0.29) is 11.9 Å². The molecular weight excluding hydrogens is 314 g/mol. The molecule has 0 bridgehead atoms. The summed E-state index contributed by atoms with van der Waals surface area (Å²) < 4.78 is 0. The van der Waals surface area contributed by atoms with Crippen molar-refractivity contribution >= 4 is 5.91 Å². The summed E-state index contributed by atoms with van der Waals surface area (Å²) >= 11 is 0. The molecule has 0 radical (unpaired) electrons. The van der Waals surface area contributed by atoms with E-state index in [4.69, 9.17) is 0 Å². The predicted octanol–water partition coefficient (Wildman–Crippen LogP) is 2.41. The molecule has 2 fully saturated rings. The van der Waals surface area contributed by atoms with Crippen LogP contribution in [0.2, 0.25) is 0 Å². The van der Waals surface area contributed by atoms with Crippen LogP contribution in [0.25, 0.3) is 0 Å². The number of aryl methyl sites for hydroxylation is 1. The van der Waals surface area contributed by atoms with Crippen molar-refractivity contribution in [3.63, 3.8) is 0 Å². The van der Waals surface area contributed by atoms with Crippen LogP contribution in [-0.4, -0.2) is 57.1 Å². The Morgan fingerprint density at radius 3 is 2.64 bits per heavy atom. The largest absolute Gasteiger partial charge is 0.327 e. The molecule has 1 saturated carbocycles. The molecule has 1 aromatic heterocycles. The number of rotatable bonds is 4. The molecule has 1 N–H and O–H groups in total. The summed E-state index contributed by atoms with van der Waals surface area (Å²) in [5, 5.41) is 7.28. The van der Waals surface area contributed by atoms with E-state index in [1.54, 1.807) is 0 Å². The SMILES string of the molecule is Cc1nc(C2CCN(CC3CC3)CCN2C(=O)c2ccccc2)n[nH]1. The molecule has 2 heterocycles. The van der Waals surface area contributed by atoms with E-state index >= 15 is 0 Å². The lowest BCUT2D eigenvalue weighted by Gasteiger charge is -2.28. The fourth-order valence-electron chi connectivity index (χ4n) is 3.59. The Kier molecular flexibility index (Phi) is 4.53. The molecule has 4 rings (SSSR count). The second-order valence-corrected chi connectivity index (χ2v) is 7.19. The average Bonchev–Trinajstić information content (AvgIpc) is 3.39. The molecule has 1 aliphatic carbocycles. The highest BCUT2D eigenvalue weighted by molar-refractivity contribution is 5.94. The number of carbonyl (C=O) groups is 1. The zero-order chi connectivity index (χ0) is 17.2. The molecule has 2 aliphatic rings. The minimum absolute atomic E-state index is 0.0677.